The average molecular weight is 493 g/mol. The number of hydrogen-bond donors (Lipinski definition) is 3. The lowest BCUT2D eigenvalue weighted by atomic mass is 10.0. The fourth-order valence-electron chi connectivity index (χ4n) is 3.56. The highest BCUT2D eigenvalue weighted by Gasteiger charge is 2.21. The lowest BCUT2D eigenvalue weighted by molar-refractivity contribution is -0.126. The molecule has 0 unspecified atom stereocenters. The number of carbonyl (C=O) groups is 2. The zero-order valence-electron chi connectivity index (χ0n) is 18.5. The fourth-order valence-corrected chi connectivity index (χ4v) is 4.67. The molecule has 0 aliphatic carbocycles. The van der Waals surface area contributed by atoms with Gasteiger partial charge >= 0.3 is 0 Å². The molecule has 2 aromatic carbocycles. The average Bonchev–Trinajstić information content (AvgIpc) is 2.79. The van der Waals surface area contributed by atoms with Gasteiger partial charge in [-0.15, -0.1) is 0 Å². The lowest BCUT2D eigenvalue weighted by Gasteiger charge is -2.32. The predicted octanol–water partition coefficient (Wildman–Crippen LogP) is 1.82. The van der Waals surface area contributed by atoms with Crippen LogP contribution in [-0.2, 0) is 26.2 Å². The summed E-state index contributed by atoms with van der Waals surface area (Å²) < 4.78 is 26.7. The first-order chi connectivity index (χ1) is 15.7. The summed E-state index contributed by atoms with van der Waals surface area (Å²) in [4.78, 5) is 26.6. The zero-order chi connectivity index (χ0) is 23.8. The number of hydrogen-bond acceptors (Lipinski definition) is 5. The van der Waals surface area contributed by atoms with Gasteiger partial charge in [0.15, 0.2) is 0 Å². The normalized spacial score (nSPS) is 15.2. The SMILES string of the molecule is Cc1ccc(S(=O)(=O)NCC(=O)NCC(=O)NC2CCN(Cc3ccc(Cl)cc3)CC2)cc1. The molecule has 0 saturated carbocycles. The Bertz CT molecular complexity index is 1050. The van der Waals surface area contributed by atoms with Gasteiger partial charge in [-0.1, -0.05) is 41.4 Å². The number of halogens is 1. The van der Waals surface area contributed by atoms with E-state index in [2.05, 4.69) is 20.3 Å². The maximum atomic E-state index is 12.2. The van der Waals surface area contributed by atoms with Gasteiger partial charge in [0, 0.05) is 30.7 Å². The van der Waals surface area contributed by atoms with Crippen molar-refractivity contribution in [3.63, 3.8) is 0 Å². The molecule has 0 radical (unpaired) electrons. The number of piperidine rings is 1. The van der Waals surface area contributed by atoms with Gasteiger partial charge in [-0.2, -0.15) is 0 Å². The van der Waals surface area contributed by atoms with Crippen molar-refractivity contribution in [2.75, 3.05) is 26.2 Å². The van der Waals surface area contributed by atoms with Crippen molar-refractivity contribution in [1.82, 2.24) is 20.3 Å². The van der Waals surface area contributed by atoms with Crippen molar-refractivity contribution in [3.8, 4) is 0 Å². The Kier molecular flexibility index (Phi) is 8.85. The Morgan fingerprint density at radius 1 is 0.970 bits per heavy atom. The topological polar surface area (TPSA) is 108 Å². The number of amides is 2. The quantitative estimate of drug-likeness (QED) is 0.495. The Hall–Kier alpha value is -2.46. The largest absolute Gasteiger partial charge is 0.352 e. The third-order valence-electron chi connectivity index (χ3n) is 5.47. The Labute approximate surface area is 199 Å². The van der Waals surface area contributed by atoms with Crippen molar-refractivity contribution in [2.24, 2.45) is 0 Å². The number of nitrogens with one attached hydrogen (secondary N) is 3. The molecule has 0 spiro atoms. The van der Waals surface area contributed by atoms with E-state index in [-0.39, 0.29) is 23.4 Å². The van der Waals surface area contributed by atoms with Gasteiger partial charge in [0.25, 0.3) is 0 Å². The second-order valence-corrected chi connectivity index (χ2v) is 10.4. The second-order valence-electron chi connectivity index (χ2n) is 8.16. The van der Waals surface area contributed by atoms with Gasteiger partial charge in [0.05, 0.1) is 18.0 Å². The number of aryl methyl sites for hydroxylation is 1. The number of sulfonamides is 1. The smallest absolute Gasteiger partial charge is 0.241 e. The predicted molar refractivity (Wildman–Crippen MR) is 127 cm³/mol. The third-order valence-corrected chi connectivity index (χ3v) is 7.14. The molecule has 1 aliphatic rings. The molecule has 178 valence electrons. The van der Waals surface area contributed by atoms with Crippen LogP contribution in [0.1, 0.15) is 24.0 Å². The van der Waals surface area contributed by atoms with Crippen LogP contribution < -0.4 is 15.4 Å². The highest BCUT2D eigenvalue weighted by molar-refractivity contribution is 7.89. The Morgan fingerprint density at radius 3 is 2.24 bits per heavy atom. The van der Waals surface area contributed by atoms with Gasteiger partial charge in [-0.25, -0.2) is 13.1 Å². The molecular weight excluding hydrogens is 464 g/mol. The van der Waals surface area contributed by atoms with Crippen LogP contribution >= 0.6 is 11.6 Å². The Morgan fingerprint density at radius 2 is 1.61 bits per heavy atom. The molecule has 0 bridgehead atoms. The fraction of sp³-hybridized carbons (Fsp3) is 0.391. The van der Waals surface area contributed by atoms with E-state index >= 15 is 0 Å². The molecule has 3 N–H and O–H groups in total. The molecule has 0 atom stereocenters. The summed E-state index contributed by atoms with van der Waals surface area (Å²) in [6.45, 7) is 3.78. The molecule has 1 fully saturated rings. The van der Waals surface area contributed by atoms with Crippen molar-refractivity contribution in [1.29, 1.82) is 0 Å². The molecule has 1 saturated heterocycles. The standard InChI is InChI=1S/C23H29ClN4O4S/c1-17-2-8-21(9-3-17)33(31,32)26-15-22(29)25-14-23(30)27-20-10-12-28(13-11-20)16-18-4-6-19(24)7-5-18/h2-9,20,26H,10-16H2,1H3,(H,25,29)(H,27,30). The highest BCUT2D eigenvalue weighted by Crippen LogP contribution is 2.16. The third kappa shape index (κ3) is 8.12. The van der Waals surface area contributed by atoms with Crippen molar-refractivity contribution < 1.29 is 18.0 Å². The first kappa shape index (κ1) is 25.2. The number of benzene rings is 2. The van der Waals surface area contributed by atoms with Crippen molar-refractivity contribution >= 4 is 33.4 Å². The van der Waals surface area contributed by atoms with Gasteiger partial charge in [-0.3, -0.25) is 14.5 Å². The van der Waals surface area contributed by atoms with Crippen LogP contribution in [0.15, 0.2) is 53.4 Å². The van der Waals surface area contributed by atoms with E-state index in [1.165, 1.54) is 17.7 Å². The zero-order valence-corrected chi connectivity index (χ0v) is 20.1. The van der Waals surface area contributed by atoms with Crippen LogP contribution in [0.3, 0.4) is 0 Å². The minimum atomic E-state index is -3.79. The van der Waals surface area contributed by atoms with Gasteiger partial charge in [0.2, 0.25) is 21.8 Å². The van der Waals surface area contributed by atoms with Gasteiger partial charge in [0.1, 0.15) is 0 Å². The number of nitrogens with zero attached hydrogens (tertiary/aromatic N) is 1. The minimum Gasteiger partial charge on any atom is -0.352 e. The molecule has 33 heavy (non-hydrogen) atoms. The highest BCUT2D eigenvalue weighted by atomic mass is 35.5. The molecule has 10 heteroatoms. The summed E-state index contributed by atoms with van der Waals surface area (Å²) in [5.41, 5.74) is 2.13. The number of likely N-dealkylation sites (tertiary alicyclic amines) is 1. The van der Waals surface area contributed by atoms with E-state index in [0.717, 1.165) is 43.1 Å². The molecule has 3 rings (SSSR count). The summed E-state index contributed by atoms with van der Waals surface area (Å²) in [7, 11) is -3.79. The van der Waals surface area contributed by atoms with Crippen molar-refractivity contribution in [2.45, 2.75) is 37.2 Å². The molecule has 1 heterocycles. The van der Waals surface area contributed by atoms with Gasteiger partial charge in [-0.05, 0) is 49.6 Å². The monoisotopic (exact) mass is 492 g/mol. The summed E-state index contributed by atoms with van der Waals surface area (Å²) in [6, 6.07) is 14.2. The van der Waals surface area contributed by atoms with E-state index < -0.39 is 22.5 Å². The van der Waals surface area contributed by atoms with Crippen LogP contribution in [0, 0.1) is 6.92 Å². The summed E-state index contributed by atoms with van der Waals surface area (Å²) in [5, 5.41) is 6.10. The number of carbonyl (C=O) groups excluding carboxylic acids is 2. The maximum absolute atomic E-state index is 12.2. The molecule has 1 aliphatic heterocycles. The van der Waals surface area contributed by atoms with E-state index in [9.17, 15) is 18.0 Å². The second kappa shape index (κ2) is 11.6. The van der Waals surface area contributed by atoms with Crippen LogP contribution in [0.4, 0.5) is 0 Å². The number of rotatable bonds is 9. The molecule has 2 aromatic rings. The minimum absolute atomic E-state index is 0.0518. The summed E-state index contributed by atoms with van der Waals surface area (Å²) in [5.74, 6) is -0.862. The summed E-state index contributed by atoms with van der Waals surface area (Å²) in [6.07, 6.45) is 1.65. The van der Waals surface area contributed by atoms with E-state index in [0.29, 0.717) is 0 Å². The van der Waals surface area contributed by atoms with Crippen LogP contribution in [-0.4, -0.2) is 57.4 Å². The van der Waals surface area contributed by atoms with Crippen LogP contribution in [0.5, 0.6) is 0 Å². The van der Waals surface area contributed by atoms with E-state index in [4.69, 9.17) is 11.6 Å². The van der Waals surface area contributed by atoms with Crippen molar-refractivity contribution in [3.05, 3.63) is 64.7 Å². The molecule has 2 amide bonds. The first-order valence-corrected chi connectivity index (χ1v) is 12.7. The lowest BCUT2D eigenvalue weighted by Crippen LogP contribution is -2.48. The van der Waals surface area contributed by atoms with Gasteiger partial charge < -0.3 is 10.6 Å². The molecule has 0 aromatic heterocycles. The van der Waals surface area contributed by atoms with Crippen LogP contribution in [0.25, 0.3) is 0 Å². The Balaban J connectivity index is 1.33. The summed E-state index contributed by atoms with van der Waals surface area (Å²) >= 11 is 5.92. The molecule has 8 nitrogen and oxygen atoms in total. The molecular formula is C23H29ClN4O4S. The van der Waals surface area contributed by atoms with E-state index in [1.807, 2.05) is 31.2 Å². The maximum Gasteiger partial charge on any atom is 0.241 e. The van der Waals surface area contributed by atoms with E-state index in [1.54, 1.807) is 12.1 Å². The van der Waals surface area contributed by atoms with Crippen LogP contribution in [0.2, 0.25) is 5.02 Å². The first-order valence-electron chi connectivity index (χ1n) is 10.8.